The maximum atomic E-state index is 13.7. The molecule has 1 aromatic rings. The molecule has 0 unspecified atom stereocenters. The molecule has 1 aromatic carbocycles. The highest BCUT2D eigenvalue weighted by atomic mass is 16.2. The molecule has 0 saturated carbocycles. The van der Waals surface area contributed by atoms with E-state index in [2.05, 4.69) is 58.6 Å². The zero-order valence-electron chi connectivity index (χ0n) is 21.2. The standard InChI is InChI=1S/C28H40N4O2/c1-28(2)17-22-26(24(33)18-28)27(20-11-6-5-7-12-20)32(23-14-9-8-13-21(23)30-22)19-25(34)29-15-10-16-31(3)4/h5-6,8-9,13-14,20,27,30H,7,10-12,15-19H2,1-4H3,(H,29,34)/t20-,27+/m0/s1. The monoisotopic (exact) mass is 464 g/mol. The van der Waals surface area contributed by atoms with E-state index in [4.69, 9.17) is 0 Å². The third-order valence-corrected chi connectivity index (χ3v) is 7.22. The number of Topliss-reactive ketones (excluding diaryl/α,β-unsaturated/α-hetero) is 1. The molecular formula is C28H40N4O2. The maximum absolute atomic E-state index is 13.7. The van der Waals surface area contributed by atoms with Crippen molar-refractivity contribution in [3.8, 4) is 0 Å². The van der Waals surface area contributed by atoms with Crippen molar-refractivity contribution in [2.75, 3.05) is 43.9 Å². The van der Waals surface area contributed by atoms with Crippen LogP contribution in [0, 0.1) is 11.3 Å². The fourth-order valence-corrected chi connectivity index (χ4v) is 5.70. The Morgan fingerprint density at radius 2 is 2.00 bits per heavy atom. The quantitative estimate of drug-likeness (QED) is 0.464. The first kappa shape index (κ1) is 24.5. The smallest absolute Gasteiger partial charge is 0.239 e. The van der Waals surface area contributed by atoms with E-state index in [1.54, 1.807) is 0 Å². The number of amides is 1. The third kappa shape index (κ3) is 5.54. The summed E-state index contributed by atoms with van der Waals surface area (Å²) in [6.07, 6.45) is 9.76. The SMILES string of the molecule is CN(C)CCCNC(=O)CN1c2ccccc2NC2=C(C(=O)CC(C)(C)C2)[C@H]1[C@H]1CC=CCC1. The molecule has 0 radical (unpaired) electrons. The summed E-state index contributed by atoms with van der Waals surface area (Å²) in [6, 6.07) is 8.09. The molecule has 3 aliphatic rings. The predicted molar refractivity (Wildman–Crippen MR) is 139 cm³/mol. The minimum absolute atomic E-state index is 0.0116. The van der Waals surface area contributed by atoms with Gasteiger partial charge in [0.05, 0.1) is 24.0 Å². The summed E-state index contributed by atoms with van der Waals surface area (Å²) in [4.78, 5) is 31.1. The number of nitrogens with zero attached hydrogens (tertiary/aromatic N) is 2. The van der Waals surface area contributed by atoms with Crippen molar-refractivity contribution in [3.63, 3.8) is 0 Å². The van der Waals surface area contributed by atoms with Crippen molar-refractivity contribution in [1.82, 2.24) is 10.2 Å². The second-order valence-electron chi connectivity index (χ2n) is 11.1. The number of carbonyl (C=O) groups excluding carboxylic acids is 2. The van der Waals surface area contributed by atoms with Crippen LogP contribution in [-0.2, 0) is 9.59 Å². The molecule has 1 amide bonds. The van der Waals surface area contributed by atoms with Crippen LogP contribution in [0.25, 0.3) is 0 Å². The second-order valence-corrected chi connectivity index (χ2v) is 11.1. The van der Waals surface area contributed by atoms with Gasteiger partial charge < -0.3 is 20.4 Å². The molecule has 4 rings (SSSR count). The first-order valence-electron chi connectivity index (χ1n) is 12.7. The first-order chi connectivity index (χ1) is 16.2. The number of fused-ring (bicyclic) bond motifs is 1. The van der Waals surface area contributed by atoms with Gasteiger partial charge in [0.25, 0.3) is 0 Å². The molecule has 2 N–H and O–H groups in total. The van der Waals surface area contributed by atoms with E-state index < -0.39 is 0 Å². The molecule has 1 aliphatic heterocycles. The number of hydrogen-bond acceptors (Lipinski definition) is 5. The van der Waals surface area contributed by atoms with Crippen LogP contribution in [0.3, 0.4) is 0 Å². The predicted octanol–water partition coefficient (Wildman–Crippen LogP) is 4.35. The number of hydrogen-bond donors (Lipinski definition) is 2. The number of ketones is 1. The molecule has 0 fully saturated rings. The van der Waals surface area contributed by atoms with Gasteiger partial charge in [-0.2, -0.15) is 0 Å². The molecule has 6 heteroatoms. The highest BCUT2D eigenvalue weighted by Crippen LogP contribution is 2.46. The zero-order valence-corrected chi connectivity index (χ0v) is 21.2. The Balaban J connectivity index is 1.70. The van der Waals surface area contributed by atoms with Crippen LogP contribution < -0.4 is 15.5 Å². The van der Waals surface area contributed by atoms with Crippen molar-refractivity contribution in [3.05, 3.63) is 47.7 Å². The van der Waals surface area contributed by atoms with Gasteiger partial charge in [-0.25, -0.2) is 0 Å². The highest BCUT2D eigenvalue weighted by Gasteiger charge is 2.43. The molecule has 1 heterocycles. The molecule has 0 bridgehead atoms. The summed E-state index contributed by atoms with van der Waals surface area (Å²) < 4.78 is 0. The summed E-state index contributed by atoms with van der Waals surface area (Å²) in [6.45, 7) is 6.19. The molecular weight excluding hydrogens is 424 g/mol. The van der Waals surface area contributed by atoms with Gasteiger partial charge in [-0.1, -0.05) is 38.1 Å². The van der Waals surface area contributed by atoms with Crippen molar-refractivity contribution >= 4 is 23.1 Å². The number of rotatable bonds is 7. The van der Waals surface area contributed by atoms with Crippen LogP contribution in [0.2, 0.25) is 0 Å². The second kappa shape index (κ2) is 10.3. The normalized spacial score (nSPS) is 23.8. The van der Waals surface area contributed by atoms with E-state index in [1.807, 2.05) is 26.2 Å². The summed E-state index contributed by atoms with van der Waals surface area (Å²) in [5.74, 6) is 0.537. The molecule has 0 spiro atoms. The topological polar surface area (TPSA) is 64.7 Å². The Bertz CT molecular complexity index is 978. The average molecular weight is 465 g/mol. The number of anilines is 2. The lowest BCUT2D eigenvalue weighted by atomic mass is 9.71. The van der Waals surface area contributed by atoms with Gasteiger partial charge in [0, 0.05) is 24.2 Å². The maximum Gasteiger partial charge on any atom is 0.239 e. The van der Waals surface area contributed by atoms with E-state index in [0.717, 1.165) is 61.3 Å². The molecule has 34 heavy (non-hydrogen) atoms. The Hall–Kier alpha value is -2.60. The van der Waals surface area contributed by atoms with Gasteiger partial charge in [0.15, 0.2) is 5.78 Å². The first-order valence-corrected chi connectivity index (χ1v) is 12.7. The van der Waals surface area contributed by atoms with Crippen LogP contribution in [-0.4, -0.2) is 56.4 Å². The number of para-hydroxylation sites is 2. The van der Waals surface area contributed by atoms with Crippen molar-refractivity contribution < 1.29 is 9.59 Å². The molecule has 2 aliphatic carbocycles. The average Bonchev–Trinajstić information content (AvgIpc) is 2.91. The number of nitrogens with one attached hydrogen (secondary N) is 2. The highest BCUT2D eigenvalue weighted by molar-refractivity contribution is 6.01. The fraction of sp³-hybridized carbons (Fsp3) is 0.571. The third-order valence-electron chi connectivity index (χ3n) is 7.22. The largest absolute Gasteiger partial charge is 0.357 e. The molecule has 0 aromatic heterocycles. The van der Waals surface area contributed by atoms with Crippen LogP contribution in [0.1, 0.15) is 52.4 Å². The van der Waals surface area contributed by atoms with Gasteiger partial charge in [-0.15, -0.1) is 0 Å². The minimum Gasteiger partial charge on any atom is -0.357 e. The number of benzene rings is 1. The van der Waals surface area contributed by atoms with E-state index in [0.29, 0.717) is 18.9 Å². The Labute approximate surface area is 204 Å². The van der Waals surface area contributed by atoms with Gasteiger partial charge in [0.2, 0.25) is 5.91 Å². The summed E-state index contributed by atoms with van der Waals surface area (Å²) in [7, 11) is 4.08. The summed E-state index contributed by atoms with van der Waals surface area (Å²) >= 11 is 0. The Kier molecular flexibility index (Phi) is 7.46. The van der Waals surface area contributed by atoms with Gasteiger partial charge in [0.1, 0.15) is 0 Å². The lowest BCUT2D eigenvalue weighted by molar-refractivity contribution is -0.121. The molecule has 6 nitrogen and oxygen atoms in total. The molecule has 184 valence electrons. The van der Waals surface area contributed by atoms with E-state index >= 15 is 0 Å². The van der Waals surface area contributed by atoms with Gasteiger partial charge in [-0.3, -0.25) is 9.59 Å². The van der Waals surface area contributed by atoms with Gasteiger partial charge in [-0.05, 0) is 76.2 Å². The Morgan fingerprint density at radius 3 is 2.74 bits per heavy atom. The van der Waals surface area contributed by atoms with Crippen LogP contribution in [0.15, 0.2) is 47.7 Å². The number of allylic oxidation sites excluding steroid dienone is 3. The minimum atomic E-state index is -0.104. The lowest BCUT2D eigenvalue weighted by Crippen LogP contribution is -2.50. The van der Waals surface area contributed by atoms with Gasteiger partial charge >= 0.3 is 0 Å². The Morgan fingerprint density at radius 1 is 1.21 bits per heavy atom. The van der Waals surface area contributed by atoms with Crippen molar-refractivity contribution in [1.29, 1.82) is 0 Å². The van der Waals surface area contributed by atoms with Crippen molar-refractivity contribution in [2.24, 2.45) is 11.3 Å². The fourth-order valence-electron chi connectivity index (χ4n) is 5.70. The van der Waals surface area contributed by atoms with E-state index in [9.17, 15) is 9.59 Å². The zero-order chi connectivity index (χ0) is 24.3. The van der Waals surface area contributed by atoms with E-state index in [-0.39, 0.29) is 29.7 Å². The molecule has 2 atom stereocenters. The molecule has 0 saturated heterocycles. The van der Waals surface area contributed by atoms with E-state index in [1.165, 1.54) is 0 Å². The van der Waals surface area contributed by atoms with Crippen molar-refractivity contribution in [2.45, 2.75) is 58.4 Å². The lowest BCUT2D eigenvalue weighted by Gasteiger charge is -2.41. The summed E-state index contributed by atoms with van der Waals surface area (Å²) in [5.41, 5.74) is 3.85. The van der Waals surface area contributed by atoms with Crippen LogP contribution >= 0.6 is 0 Å². The van der Waals surface area contributed by atoms with Crippen LogP contribution in [0.4, 0.5) is 11.4 Å². The summed E-state index contributed by atoms with van der Waals surface area (Å²) in [5, 5.41) is 6.76. The van der Waals surface area contributed by atoms with Crippen LogP contribution in [0.5, 0.6) is 0 Å². The number of carbonyl (C=O) groups is 2.